The number of hydrogen-bond donors (Lipinski definition) is 1. The molecule has 1 atom stereocenters. The average Bonchev–Trinajstić information content (AvgIpc) is 2.46. The molecule has 2 rings (SSSR count). The molecule has 0 aliphatic carbocycles. The molecule has 0 spiro atoms. The van der Waals surface area contributed by atoms with E-state index in [0.717, 1.165) is 15.8 Å². The van der Waals surface area contributed by atoms with Gasteiger partial charge in [-0.05, 0) is 25.1 Å². The fourth-order valence-corrected chi connectivity index (χ4v) is 2.40. The monoisotopic (exact) mass is 337 g/mol. The highest BCUT2D eigenvalue weighted by Crippen LogP contribution is 2.25. The van der Waals surface area contributed by atoms with Crippen LogP contribution >= 0.6 is 15.9 Å². The molecular weight excluding hydrogens is 321 g/mol. The van der Waals surface area contributed by atoms with Crippen molar-refractivity contribution in [1.82, 2.24) is 5.32 Å². The molecule has 0 saturated heterocycles. The van der Waals surface area contributed by atoms with E-state index in [1.807, 2.05) is 37.3 Å². The van der Waals surface area contributed by atoms with Crippen LogP contribution in [-0.4, -0.2) is 7.11 Å². The third-order valence-corrected chi connectivity index (χ3v) is 3.71. The molecule has 0 aliphatic heterocycles. The van der Waals surface area contributed by atoms with E-state index in [0.29, 0.717) is 12.1 Å². The number of rotatable bonds is 5. The van der Waals surface area contributed by atoms with E-state index in [1.54, 1.807) is 13.2 Å². The van der Waals surface area contributed by atoms with Crippen LogP contribution in [0.15, 0.2) is 46.9 Å². The lowest BCUT2D eigenvalue weighted by molar-refractivity contribution is 0.401. The molecule has 2 aromatic carbocycles. The Bertz CT molecular complexity index is 588. The smallest absolute Gasteiger partial charge is 0.128 e. The van der Waals surface area contributed by atoms with Gasteiger partial charge < -0.3 is 10.1 Å². The Morgan fingerprint density at radius 3 is 2.70 bits per heavy atom. The highest BCUT2D eigenvalue weighted by atomic mass is 79.9. The molecule has 0 amide bonds. The van der Waals surface area contributed by atoms with Crippen LogP contribution < -0.4 is 10.1 Å². The van der Waals surface area contributed by atoms with Crippen LogP contribution in [0, 0.1) is 5.82 Å². The third kappa shape index (κ3) is 3.58. The molecule has 4 heteroatoms. The lowest BCUT2D eigenvalue weighted by Gasteiger charge is -2.17. The van der Waals surface area contributed by atoms with Crippen molar-refractivity contribution in [3.8, 4) is 5.75 Å². The molecule has 2 aromatic rings. The number of benzene rings is 2. The normalized spacial score (nSPS) is 12.2. The first kappa shape index (κ1) is 15.0. The van der Waals surface area contributed by atoms with Gasteiger partial charge in [0, 0.05) is 28.2 Å². The van der Waals surface area contributed by atoms with E-state index >= 15 is 0 Å². The first-order valence-electron chi connectivity index (χ1n) is 6.42. The zero-order valence-corrected chi connectivity index (χ0v) is 13.1. The van der Waals surface area contributed by atoms with Crippen LogP contribution in [-0.2, 0) is 6.54 Å². The van der Waals surface area contributed by atoms with Crippen LogP contribution in [0.5, 0.6) is 5.75 Å². The Morgan fingerprint density at radius 2 is 2.00 bits per heavy atom. The summed E-state index contributed by atoms with van der Waals surface area (Å²) in [6.07, 6.45) is 0. The second kappa shape index (κ2) is 6.86. The molecule has 0 aliphatic rings. The first-order valence-corrected chi connectivity index (χ1v) is 7.21. The van der Waals surface area contributed by atoms with Gasteiger partial charge in [0.15, 0.2) is 0 Å². The topological polar surface area (TPSA) is 21.3 Å². The second-order valence-electron chi connectivity index (χ2n) is 4.58. The predicted octanol–water partition coefficient (Wildman–Crippen LogP) is 4.45. The standard InChI is InChI=1S/C16H17BrFNO/c1-11(14-5-3-4-6-16(14)20-2)19-10-12-7-8-13(17)9-15(12)18/h3-9,11,19H,10H2,1-2H3/t11-/m1/s1. The molecule has 0 heterocycles. The predicted molar refractivity (Wildman–Crippen MR) is 82.3 cm³/mol. The van der Waals surface area contributed by atoms with Gasteiger partial charge in [-0.3, -0.25) is 0 Å². The molecule has 2 nitrogen and oxygen atoms in total. The van der Waals surface area contributed by atoms with Crippen LogP contribution in [0.1, 0.15) is 24.1 Å². The van der Waals surface area contributed by atoms with E-state index in [1.165, 1.54) is 6.07 Å². The van der Waals surface area contributed by atoms with Gasteiger partial charge in [-0.1, -0.05) is 40.2 Å². The van der Waals surface area contributed by atoms with E-state index in [9.17, 15) is 4.39 Å². The minimum Gasteiger partial charge on any atom is -0.496 e. The van der Waals surface area contributed by atoms with Crippen molar-refractivity contribution in [3.63, 3.8) is 0 Å². The second-order valence-corrected chi connectivity index (χ2v) is 5.50. The fraction of sp³-hybridized carbons (Fsp3) is 0.250. The number of nitrogens with one attached hydrogen (secondary N) is 1. The number of halogens is 2. The minimum atomic E-state index is -0.209. The Balaban J connectivity index is 2.06. The van der Waals surface area contributed by atoms with E-state index in [-0.39, 0.29) is 11.9 Å². The summed E-state index contributed by atoms with van der Waals surface area (Å²) in [6, 6.07) is 13.0. The summed E-state index contributed by atoms with van der Waals surface area (Å²) < 4.78 is 19.8. The van der Waals surface area contributed by atoms with Crippen LogP contribution in [0.3, 0.4) is 0 Å². The lowest BCUT2D eigenvalue weighted by Crippen LogP contribution is -2.19. The zero-order valence-electron chi connectivity index (χ0n) is 11.5. The van der Waals surface area contributed by atoms with Crippen molar-refractivity contribution in [2.75, 3.05) is 7.11 Å². The van der Waals surface area contributed by atoms with Gasteiger partial charge in [0.1, 0.15) is 11.6 Å². The molecule has 0 saturated carbocycles. The number of para-hydroxylation sites is 1. The Labute approximate surface area is 127 Å². The largest absolute Gasteiger partial charge is 0.496 e. The first-order chi connectivity index (χ1) is 9.61. The molecule has 0 aromatic heterocycles. The third-order valence-electron chi connectivity index (χ3n) is 3.22. The summed E-state index contributed by atoms with van der Waals surface area (Å²) in [5, 5.41) is 3.31. The maximum Gasteiger partial charge on any atom is 0.128 e. The van der Waals surface area contributed by atoms with E-state index < -0.39 is 0 Å². The molecule has 20 heavy (non-hydrogen) atoms. The van der Waals surface area contributed by atoms with Gasteiger partial charge in [0.25, 0.3) is 0 Å². The molecule has 0 fully saturated rings. The van der Waals surface area contributed by atoms with Gasteiger partial charge in [0.05, 0.1) is 7.11 Å². The summed E-state index contributed by atoms with van der Waals surface area (Å²) in [5.41, 5.74) is 1.71. The van der Waals surface area contributed by atoms with Gasteiger partial charge in [-0.2, -0.15) is 0 Å². The Kier molecular flexibility index (Phi) is 5.15. The van der Waals surface area contributed by atoms with Crippen LogP contribution in [0.25, 0.3) is 0 Å². The summed E-state index contributed by atoms with van der Waals surface area (Å²) >= 11 is 3.25. The number of ether oxygens (including phenoxy) is 1. The van der Waals surface area contributed by atoms with E-state index in [2.05, 4.69) is 21.2 Å². The molecule has 106 valence electrons. The van der Waals surface area contributed by atoms with Crippen LogP contribution in [0.4, 0.5) is 4.39 Å². The summed E-state index contributed by atoms with van der Waals surface area (Å²) in [4.78, 5) is 0. The minimum absolute atomic E-state index is 0.0780. The van der Waals surface area contributed by atoms with Crippen molar-refractivity contribution < 1.29 is 9.13 Å². The fourth-order valence-electron chi connectivity index (χ4n) is 2.06. The molecule has 0 unspecified atom stereocenters. The molecule has 0 radical (unpaired) electrons. The van der Waals surface area contributed by atoms with Crippen molar-refractivity contribution in [2.45, 2.75) is 19.5 Å². The summed E-state index contributed by atoms with van der Waals surface area (Å²) in [6.45, 7) is 2.51. The van der Waals surface area contributed by atoms with Gasteiger partial charge in [-0.25, -0.2) is 4.39 Å². The number of hydrogen-bond acceptors (Lipinski definition) is 2. The SMILES string of the molecule is COc1ccccc1[C@@H](C)NCc1ccc(Br)cc1F. The van der Waals surface area contributed by atoms with Crippen molar-refractivity contribution in [2.24, 2.45) is 0 Å². The highest BCUT2D eigenvalue weighted by Gasteiger charge is 2.11. The highest BCUT2D eigenvalue weighted by molar-refractivity contribution is 9.10. The Hall–Kier alpha value is -1.39. The van der Waals surface area contributed by atoms with Crippen molar-refractivity contribution >= 4 is 15.9 Å². The molecular formula is C16H17BrFNO. The summed E-state index contributed by atoms with van der Waals surface area (Å²) in [7, 11) is 1.65. The molecule has 0 bridgehead atoms. The molecule has 1 N–H and O–H groups in total. The summed E-state index contributed by atoms with van der Waals surface area (Å²) in [5.74, 6) is 0.628. The average molecular weight is 338 g/mol. The van der Waals surface area contributed by atoms with Gasteiger partial charge >= 0.3 is 0 Å². The maximum absolute atomic E-state index is 13.8. The zero-order chi connectivity index (χ0) is 14.5. The van der Waals surface area contributed by atoms with Crippen molar-refractivity contribution in [1.29, 1.82) is 0 Å². The van der Waals surface area contributed by atoms with Crippen molar-refractivity contribution in [3.05, 3.63) is 63.9 Å². The Morgan fingerprint density at radius 1 is 1.25 bits per heavy atom. The lowest BCUT2D eigenvalue weighted by atomic mass is 10.1. The van der Waals surface area contributed by atoms with Gasteiger partial charge in [0.2, 0.25) is 0 Å². The van der Waals surface area contributed by atoms with Gasteiger partial charge in [-0.15, -0.1) is 0 Å². The quantitative estimate of drug-likeness (QED) is 0.870. The maximum atomic E-state index is 13.8. The number of methoxy groups -OCH3 is 1. The van der Waals surface area contributed by atoms with E-state index in [4.69, 9.17) is 4.74 Å². The van der Waals surface area contributed by atoms with Crippen LogP contribution in [0.2, 0.25) is 0 Å².